The van der Waals surface area contributed by atoms with E-state index in [1.807, 2.05) is 0 Å². The third-order valence-corrected chi connectivity index (χ3v) is 3.98. The highest BCUT2D eigenvalue weighted by Crippen LogP contribution is 2.24. The van der Waals surface area contributed by atoms with Gasteiger partial charge in [0.25, 0.3) is 0 Å². The SMILES string of the molecule is CCCCNC(=NCc1ccc(C)cc1OC1CCOC1)NCC. The number of benzene rings is 1. The summed E-state index contributed by atoms with van der Waals surface area (Å²) in [5.74, 6) is 1.79. The van der Waals surface area contributed by atoms with Crippen LogP contribution >= 0.6 is 0 Å². The predicted molar refractivity (Wildman–Crippen MR) is 98.8 cm³/mol. The van der Waals surface area contributed by atoms with E-state index in [1.165, 1.54) is 12.0 Å². The molecule has 1 heterocycles. The minimum atomic E-state index is 0.158. The molecule has 1 atom stereocenters. The van der Waals surface area contributed by atoms with Gasteiger partial charge in [-0.25, -0.2) is 4.99 Å². The van der Waals surface area contributed by atoms with E-state index in [1.54, 1.807) is 0 Å². The number of rotatable bonds is 8. The molecule has 0 spiro atoms. The molecule has 2 rings (SSSR count). The standard InChI is InChI=1S/C19H31N3O2/c1-4-6-10-21-19(20-5-2)22-13-16-8-7-15(3)12-18(16)24-17-9-11-23-14-17/h7-8,12,17H,4-6,9-11,13-14H2,1-3H3,(H2,20,21,22). The first-order valence-electron chi connectivity index (χ1n) is 9.09. The Morgan fingerprint density at radius 1 is 1.33 bits per heavy atom. The normalized spacial score (nSPS) is 17.8. The van der Waals surface area contributed by atoms with E-state index < -0.39 is 0 Å². The van der Waals surface area contributed by atoms with Crippen molar-refractivity contribution in [1.82, 2.24) is 10.6 Å². The van der Waals surface area contributed by atoms with Crippen LogP contribution in [0.3, 0.4) is 0 Å². The maximum atomic E-state index is 6.14. The van der Waals surface area contributed by atoms with Crippen molar-refractivity contribution in [1.29, 1.82) is 0 Å². The summed E-state index contributed by atoms with van der Waals surface area (Å²) in [5.41, 5.74) is 2.31. The molecule has 1 saturated heterocycles. The second-order valence-electron chi connectivity index (χ2n) is 6.19. The molecular weight excluding hydrogens is 302 g/mol. The molecule has 1 aliphatic rings. The summed E-state index contributed by atoms with van der Waals surface area (Å²) in [5, 5.41) is 6.67. The van der Waals surface area contributed by atoms with Gasteiger partial charge in [-0.2, -0.15) is 0 Å². The van der Waals surface area contributed by atoms with Crippen molar-refractivity contribution < 1.29 is 9.47 Å². The molecule has 0 aromatic heterocycles. The van der Waals surface area contributed by atoms with Gasteiger partial charge in [-0.15, -0.1) is 0 Å². The molecule has 2 N–H and O–H groups in total. The number of nitrogens with one attached hydrogen (secondary N) is 2. The molecule has 0 amide bonds. The lowest BCUT2D eigenvalue weighted by molar-refractivity contribution is 0.140. The van der Waals surface area contributed by atoms with Crippen LogP contribution < -0.4 is 15.4 Å². The van der Waals surface area contributed by atoms with Crippen molar-refractivity contribution in [3.63, 3.8) is 0 Å². The molecule has 1 aromatic rings. The van der Waals surface area contributed by atoms with Crippen molar-refractivity contribution in [2.24, 2.45) is 4.99 Å². The van der Waals surface area contributed by atoms with Crippen LogP contribution in [0.1, 0.15) is 44.2 Å². The highest BCUT2D eigenvalue weighted by Gasteiger charge is 2.18. The van der Waals surface area contributed by atoms with E-state index in [-0.39, 0.29) is 6.10 Å². The molecule has 1 unspecified atom stereocenters. The summed E-state index contributed by atoms with van der Waals surface area (Å²) in [6, 6.07) is 6.32. The maximum absolute atomic E-state index is 6.14. The number of unbranched alkanes of at least 4 members (excludes halogenated alkanes) is 1. The lowest BCUT2D eigenvalue weighted by Gasteiger charge is -2.16. The molecule has 1 aromatic carbocycles. The highest BCUT2D eigenvalue weighted by atomic mass is 16.5. The molecule has 134 valence electrons. The number of ether oxygens (including phenoxy) is 2. The Hall–Kier alpha value is -1.75. The first-order chi connectivity index (χ1) is 11.7. The Kier molecular flexibility index (Phi) is 7.89. The fourth-order valence-corrected chi connectivity index (χ4v) is 2.58. The fraction of sp³-hybridized carbons (Fsp3) is 0.632. The van der Waals surface area contributed by atoms with Crippen LogP contribution in [-0.2, 0) is 11.3 Å². The molecule has 5 nitrogen and oxygen atoms in total. The average Bonchev–Trinajstić information content (AvgIpc) is 3.07. The van der Waals surface area contributed by atoms with E-state index in [2.05, 4.69) is 49.6 Å². The number of hydrogen-bond donors (Lipinski definition) is 2. The van der Waals surface area contributed by atoms with E-state index in [0.717, 1.165) is 49.8 Å². The topological polar surface area (TPSA) is 54.9 Å². The smallest absolute Gasteiger partial charge is 0.191 e. The van der Waals surface area contributed by atoms with E-state index in [9.17, 15) is 0 Å². The quantitative estimate of drug-likeness (QED) is 0.436. The Balaban J connectivity index is 2.04. The van der Waals surface area contributed by atoms with E-state index >= 15 is 0 Å². The molecule has 5 heteroatoms. The van der Waals surface area contributed by atoms with Crippen LogP contribution in [0, 0.1) is 6.92 Å². The lowest BCUT2D eigenvalue weighted by atomic mass is 10.1. The van der Waals surface area contributed by atoms with E-state index in [4.69, 9.17) is 14.5 Å². The van der Waals surface area contributed by atoms with Gasteiger partial charge in [0.05, 0.1) is 19.8 Å². The minimum absolute atomic E-state index is 0.158. The van der Waals surface area contributed by atoms with Crippen LogP contribution in [0.25, 0.3) is 0 Å². The van der Waals surface area contributed by atoms with Gasteiger partial charge in [-0.05, 0) is 31.9 Å². The summed E-state index contributed by atoms with van der Waals surface area (Å²) in [7, 11) is 0. The second kappa shape index (κ2) is 10.2. The zero-order chi connectivity index (χ0) is 17.2. The largest absolute Gasteiger partial charge is 0.488 e. The maximum Gasteiger partial charge on any atom is 0.191 e. The summed E-state index contributed by atoms with van der Waals surface area (Å²) in [6.07, 6.45) is 3.43. The first kappa shape index (κ1) is 18.6. The monoisotopic (exact) mass is 333 g/mol. The molecule has 0 radical (unpaired) electrons. The van der Waals surface area contributed by atoms with Gasteiger partial charge in [-0.3, -0.25) is 0 Å². The molecular formula is C19H31N3O2. The number of guanidine groups is 1. The van der Waals surface area contributed by atoms with Crippen molar-refractivity contribution in [3.8, 4) is 5.75 Å². The fourth-order valence-electron chi connectivity index (χ4n) is 2.58. The predicted octanol–water partition coefficient (Wildman–Crippen LogP) is 3.02. The Labute approximate surface area is 145 Å². The van der Waals surface area contributed by atoms with E-state index in [0.29, 0.717) is 13.2 Å². The van der Waals surface area contributed by atoms with Gasteiger partial charge in [-0.1, -0.05) is 25.5 Å². The van der Waals surface area contributed by atoms with Crippen LogP contribution in [0.5, 0.6) is 5.75 Å². The Morgan fingerprint density at radius 2 is 2.21 bits per heavy atom. The van der Waals surface area contributed by atoms with Gasteiger partial charge in [0.2, 0.25) is 0 Å². The molecule has 1 aliphatic heterocycles. The summed E-state index contributed by atoms with van der Waals surface area (Å²) in [6.45, 7) is 10.2. The number of hydrogen-bond acceptors (Lipinski definition) is 3. The van der Waals surface area contributed by atoms with Crippen molar-refractivity contribution >= 4 is 5.96 Å². The van der Waals surface area contributed by atoms with Crippen LogP contribution in [0.2, 0.25) is 0 Å². The van der Waals surface area contributed by atoms with Gasteiger partial charge in [0, 0.05) is 25.1 Å². The zero-order valence-electron chi connectivity index (χ0n) is 15.2. The first-order valence-corrected chi connectivity index (χ1v) is 9.09. The van der Waals surface area contributed by atoms with Gasteiger partial charge < -0.3 is 20.1 Å². The Morgan fingerprint density at radius 3 is 2.92 bits per heavy atom. The zero-order valence-corrected chi connectivity index (χ0v) is 15.2. The molecule has 0 aliphatic carbocycles. The van der Waals surface area contributed by atoms with Gasteiger partial charge in [0.15, 0.2) is 5.96 Å². The average molecular weight is 333 g/mol. The minimum Gasteiger partial charge on any atom is -0.488 e. The molecule has 1 fully saturated rings. The van der Waals surface area contributed by atoms with Crippen LogP contribution in [-0.4, -0.2) is 38.4 Å². The summed E-state index contributed by atoms with van der Waals surface area (Å²) < 4.78 is 11.6. The van der Waals surface area contributed by atoms with Gasteiger partial charge >= 0.3 is 0 Å². The molecule has 0 bridgehead atoms. The van der Waals surface area contributed by atoms with Crippen LogP contribution in [0.15, 0.2) is 23.2 Å². The second-order valence-corrected chi connectivity index (χ2v) is 6.19. The van der Waals surface area contributed by atoms with Gasteiger partial charge in [0.1, 0.15) is 11.9 Å². The number of aliphatic imine (C=N–C) groups is 1. The summed E-state index contributed by atoms with van der Waals surface area (Å²) >= 11 is 0. The van der Waals surface area contributed by atoms with Crippen molar-refractivity contribution in [3.05, 3.63) is 29.3 Å². The third-order valence-electron chi connectivity index (χ3n) is 3.98. The third kappa shape index (κ3) is 6.04. The molecule has 24 heavy (non-hydrogen) atoms. The Bertz CT molecular complexity index is 525. The number of nitrogens with zero attached hydrogens (tertiary/aromatic N) is 1. The molecule has 0 saturated carbocycles. The lowest BCUT2D eigenvalue weighted by Crippen LogP contribution is -2.37. The highest BCUT2D eigenvalue weighted by molar-refractivity contribution is 5.79. The number of aryl methyl sites for hydroxylation is 1. The van der Waals surface area contributed by atoms with Crippen molar-refractivity contribution in [2.75, 3.05) is 26.3 Å². The van der Waals surface area contributed by atoms with Crippen molar-refractivity contribution in [2.45, 2.75) is 52.7 Å². The summed E-state index contributed by atoms with van der Waals surface area (Å²) in [4.78, 5) is 4.70. The van der Waals surface area contributed by atoms with Crippen LogP contribution in [0.4, 0.5) is 0 Å².